The molecule has 0 unspecified atom stereocenters. The molecule has 2 aromatic carbocycles. The predicted molar refractivity (Wildman–Crippen MR) is 120 cm³/mol. The Balaban J connectivity index is 1.63. The Kier molecular flexibility index (Phi) is 5.86. The Bertz CT molecular complexity index is 1330. The normalized spacial score (nSPS) is 15.3. The van der Waals surface area contributed by atoms with E-state index in [1.165, 1.54) is 12.1 Å². The van der Waals surface area contributed by atoms with E-state index in [4.69, 9.17) is 0 Å². The molecule has 11 heteroatoms. The third-order valence-corrected chi connectivity index (χ3v) is 5.21. The second-order valence-electron chi connectivity index (χ2n) is 8.05. The van der Waals surface area contributed by atoms with Gasteiger partial charge in [0.05, 0.1) is 17.0 Å². The highest BCUT2D eigenvalue weighted by molar-refractivity contribution is 6.04. The van der Waals surface area contributed by atoms with Gasteiger partial charge in [0, 0.05) is 17.8 Å². The fourth-order valence-electron chi connectivity index (χ4n) is 3.84. The first kappa shape index (κ1) is 23.0. The van der Waals surface area contributed by atoms with Crippen LogP contribution in [-0.2, 0) is 15.8 Å². The fourth-order valence-corrected chi connectivity index (χ4v) is 3.84. The number of anilines is 4. The number of aryl methyl sites for hydroxylation is 2. The van der Waals surface area contributed by atoms with Crippen molar-refractivity contribution >= 4 is 35.0 Å². The Labute approximate surface area is 191 Å². The molecule has 0 fully saturated rings. The number of amides is 2. The molecule has 1 aliphatic rings. The van der Waals surface area contributed by atoms with Gasteiger partial charge in [-0.3, -0.25) is 19.4 Å². The first-order valence-corrected chi connectivity index (χ1v) is 10.3. The van der Waals surface area contributed by atoms with Crippen molar-refractivity contribution < 1.29 is 22.8 Å². The van der Waals surface area contributed by atoms with Crippen LogP contribution in [-0.4, -0.2) is 21.8 Å². The molecule has 3 aromatic rings. The summed E-state index contributed by atoms with van der Waals surface area (Å²) in [7, 11) is 0. The third kappa shape index (κ3) is 4.92. The smallest absolute Gasteiger partial charge is 0.326 e. The summed E-state index contributed by atoms with van der Waals surface area (Å²) in [5, 5.41) is 7.79. The number of aromatic amines is 1. The van der Waals surface area contributed by atoms with Crippen LogP contribution in [0.4, 0.5) is 36.3 Å². The number of H-pyrrole nitrogens is 1. The van der Waals surface area contributed by atoms with Crippen LogP contribution in [0.5, 0.6) is 0 Å². The zero-order chi connectivity index (χ0) is 24.6. The summed E-state index contributed by atoms with van der Waals surface area (Å²) >= 11 is 0. The van der Waals surface area contributed by atoms with E-state index in [0.717, 1.165) is 23.3 Å². The highest BCUT2D eigenvalue weighted by atomic mass is 19.4. The number of hydrogen-bond acceptors (Lipinski definition) is 5. The molecule has 0 radical (unpaired) electrons. The van der Waals surface area contributed by atoms with Crippen molar-refractivity contribution in [1.82, 2.24) is 9.97 Å². The van der Waals surface area contributed by atoms with Crippen LogP contribution in [0.2, 0.25) is 0 Å². The van der Waals surface area contributed by atoms with Crippen LogP contribution in [0.25, 0.3) is 0 Å². The molecule has 2 amide bonds. The fraction of sp³-hybridized carbons (Fsp3) is 0.217. The van der Waals surface area contributed by atoms with Gasteiger partial charge in [0.15, 0.2) is 0 Å². The summed E-state index contributed by atoms with van der Waals surface area (Å²) in [5.41, 5.74) is 0.820. The van der Waals surface area contributed by atoms with Crippen LogP contribution in [0.15, 0.2) is 47.3 Å². The van der Waals surface area contributed by atoms with Crippen molar-refractivity contribution in [2.45, 2.75) is 32.4 Å². The average Bonchev–Trinajstić information content (AvgIpc) is 2.71. The molecule has 0 saturated heterocycles. The van der Waals surface area contributed by atoms with Gasteiger partial charge in [-0.05, 0) is 55.3 Å². The van der Waals surface area contributed by atoms with Crippen molar-refractivity contribution in [1.29, 1.82) is 0 Å². The summed E-state index contributed by atoms with van der Waals surface area (Å²) in [6.07, 6.45) is -4.80. The largest absolute Gasteiger partial charge is 0.416 e. The molecule has 34 heavy (non-hydrogen) atoms. The number of rotatable bonds is 4. The molecule has 1 aromatic heterocycles. The lowest BCUT2D eigenvalue weighted by Gasteiger charge is -2.24. The molecule has 1 aliphatic heterocycles. The van der Waals surface area contributed by atoms with Crippen molar-refractivity contribution in [2.24, 2.45) is 0 Å². The van der Waals surface area contributed by atoms with E-state index >= 15 is 0 Å². The molecule has 0 spiro atoms. The van der Waals surface area contributed by atoms with Gasteiger partial charge in [-0.25, -0.2) is 0 Å². The number of nitrogens with one attached hydrogen (secondary N) is 4. The quantitative estimate of drug-likeness (QED) is 0.455. The molecule has 4 N–H and O–H groups in total. The Hall–Kier alpha value is -4.15. The minimum atomic E-state index is -4.54. The molecular formula is C23H20F3N5O3. The van der Waals surface area contributed by atoms with E-state index < -0.39 is 35.0 Å². The van der Waals surface area contributed by atoms with Crippen LogP contribution in [0.3, 0.4) is 0 Å². The predicted octanol–water partition coefficient (Wildman–Crippen LogP) is 4.21. The van der Waals surface area contributed by atoms with Gasteiger partial charge in [0.1, 0.15) is 5.82 Å². The number of hydrogen-bond donors (Lipinski definition) is 4. The molecule has 8 nitrogen and oxygen atoms in total. The van der Waals surface area contributed by atoms with Crippen molar-refractivity contribution in [3.05, 3.63) is 75.1 Å². The summed E-state index contributed by atoms with van der Waals surface area (Å²) in [5.74, 6) is -2.47. The molecule has 176 valence electrons. The van der Waals surface area contributed by atoms with Crippen LogP contribution >= 0.6 is 0 Å². The van der Waals surface area contributed by atoms with E-state index in [1.54, 1.807) is 12.1 Å². The maximum atomic E-state index is 13.0. The Morgan fingerprint density at radius 3 is 2.44 bits per heavy atom. The van der Waals surface area contributed by atoms with Crippen LogP contribution < -0.4 is 21.5 Å². The minimum Gasteiger partial charge on any atom is -0.326 e. The maximum Gasteiger partial charge on any atom is 0.416 e. The summed E-state index contributed by atoms with van der Waals surface area (Å²) in [6, 6.07) is 9.81. The lowest BCUT2D eigenvalue weighted by Crippen LogP contribution is -2.36. The average molecular weight is 471 g/mol. The van der Waals surface area contributed by atoms with E-state index in [-0.39, 0.29) is 29.4 Å². The second-order valence-corrected chi connectivity index (χ2v) is 8.05. The van der Waals surface area contributed by atoms with Gasteiger partial charge < -0.3 is 16.0 Å². The van der Waals surface area contributed by atoms with Crippen molar-refractivity contribution in [3.63, 3.8) is 0 Å². The van der Waals surface area contributed by atoms with Gasteiger partial charge in [-0.1, -0.05) is 12.1 Å². The maximum absolute atomic E-state index is 13.0. The summed E-state index contributed by atoms with van der Waals surface area (Å²) in [6.45, 7) is 3.75. The molecular weight excluding hydrogens is 451 g/mol. The van der Waals surface area contributed by atoms with Gasteiger partial charge in [-0.15, -0.1) is 0 Å². The number of carbonyl (C=O) groups is 2. The van der Waals surface area contributed by atoms with Gasteiger partial charge >= 0.3 is 6.18 Å². The molecule has 0 bridgehead atoms. The first-order chi connectivity index (χ1) is 16.0. The monoisotopic (exact) mass is 471 g/mol. The Morgan fingerprint density at radius 1 is 1.06 bits per heavy atom. The highest BCUT2D eigenvalue weighted by Crippen LogP contribution is 2.32. The van der Waals surface area contributed by atoms with E-state index in [2.05, 4.69) is 25.9 Å². The number of alkyl halides is 3. The number of nitrogens with zero attached hydrogens (tertiary/aromatic N) is 1. The van der Waals surface area contributed by atoms with Crippen LogP contribution in [0.1, 0.15) is 34.6 Å². The SMILES string of the molecule is Cc1cc(C)cc(NC(=O)[C@H]2CC(=O)Nc3nc(Nc4cccc(C(F)(F)F)c4)[nH]c(=O)c32)c1. The van der Waals surface area contributed by atoms with Gasteiger partial charge in [0.25, 0.3) is 5.56 Å². The van der Waals surface area contributed by atoms with Crippen LogP contribution in [0, 0.1) is 13.8 Å². The summed E-state index contributed by atoms with van der Waals surface area (Å²) in [4.78, 5) is 44.6. The lowest BCUT2D eigenvalue weighted by atomic mass is 9.92. The van der Waals surface area contributed by atoms with E-state index in [9.17, 15) is 27.6 Å². The molecule has 4 rings (SSSR count). The number of carbonyl (C=O) groups excluding carboxylic acids is 2. The zero-order valence-electron chi connectivity index (χ0n) is 18.1. The third-order valence-electron chi connectivity index (χ3n) is 5.21. The minimum absolute atomic E-state index is 0.0314. The molecule has 0 saturated carbocycles. The zero-order valence-corrected chi connectivity index (χ0v) is 18.1. The summed E-state index contributed by atoms with van der Waals surface area (Å²) < 4.78 is 38.9. The van der Waals surface area contributed by atoms with Crippen molar-refractivity contribution in [3.8, 4) is 0 Å². The van der Waals surface area contributed by atoms with Crippen molar-refractivity contribution in [2.75, 3.05) is 16.0 Å². The number of halogens is 3. The van der Waals surface area contributed by atoms with E-state index in [0.29, 0.717) is 5.69 Å². The Morgan fingerprint density at radius 2 is 1.76 bits per heavy atom. The number of benzene rings is 2. The van der Waals surface area contributed by atoms with Gasteiger partial charge in [-0.2, -0.15) is 18.2 Å². The molecule has 0 aliphatic carbocycles. The first-order valence-electron chi connectivity index (χ1n) is 10.3. The second kappa shape index (κ2) is 8.65. The molecule has 1 atom stereocenters. The lowest BCUT2D eigenvalue weighted by molar-refractivity contribution is -0.137. The standard InChI is InChI=1S/C23H20F3N5O3/c1-11-6-12(2)8-15(7-11)27-20(33)16-10-17(32)29-19-18(16)21(34)31-22(30-19)28-14-5-3-4-13(9-14)23(24,25)26/h3-9,16H,10H2,1-2H3,(H,27,33)(H3,28,29,30,31,32,34)/t16-/m0/s1. The molecule has 2 heterocycles. The van der Waals surface area contributed by atoms with Gasteiger partial charge in [0.2, 0.25) is 17.8 Å². The number of fused-ring (bicyclic) bond motifs is 1. The highest BCUT2D eigenvalue weighted by Gasteiger charge is 2.35. The van der Waals surface area contributed by atoms with E-state index in [1.807, 2.05) is 19.9 Å². The number of aromatic nitrogens is 2. The topological polar surface area (TPSA) is 116 Å².